The molecule has 2 aromatic rings. The third-order valence-electron chi connectivity index (χ3n) is 11.4. The number of aromatic nitrogens is 1. The van der Waals surface area contributed by atoms with Gasteiger partial charge in [-0.2, -0.15) is 5.26 Å². The average molecular weight is 680 g/mol. The zero-order valence-electron chi connectivity index (χ0n) is 31.2. The van der Waals surface area contributed by atoms with Crippen molar-refractivity contribution in [1.29, 1.82) is 5.26 Å². The fourth-order valence-corrected chi connectivity index (χ4v) is 8.65. The number of carbonyl (C=O) groups is 1. The number of hydrogen-bond donors (Lipinski definition) is 0. The van der Waals surface area contributed by atoms with Gasteiger partial charge >= 0.3 is 0 Å². The van der Waals surface area contributed by atoms with Crippen molar-refractivity contribution in [3.8, 4) is 6.07 Å². The number of likely N-dealkylation sites (tertiary alicyclic amines) is 2. The lowest BCUT2D eigenvalue weighted by Gasteiger charge is -2.39. The van der Waals surface area contributed by atoms with E-state index < -0.39 is 0 Å². The minimum Gasteiger partial charge on any atom is -0.501 e. The Morgan fingerprint density at radius 2 is 1.82 bits per heavy atom. The molecule has 1 amide bonds. The fraction of sp³-hybridized carbons (Fsp3) is 0.537. The Morgan fingerprint density at radius 3 is 2.46 bits per heavy atom. The number of benzene rings is 1. The lowest BCUT2D eigenvalue weighted by Crippen LogP contribution is -2.49. The zero-order valence-corrected chi connectivity index (χ0v) is 31.2. The second-order valence-electron chi connectivity index (χ2n) is 15.8. The molecular weight excluding hydrogens is 626 g/mol. The summed E-state index contributed by atoms with van der Waals surface area (Å²) in [5, 5.41) is 9.77. The van der Waals surface area contributed by atoms with E-state index in [9.17, 15) is 14.9 Å². The number of rotatable bonds is 8. The quantitative estimate of drug-likeness (QED) is 0.270. The van der Waals surface area contributed by atoms with Crippen LogP contribution >= 0.6 is 0 Å². The van der Waals surface area contributed by atoms with Crippen LogP contribution in [0.4, 0.5) is 0 Å². The highest BCUT2D eigenvalue weighted by atomic mass is 16.5. The summed E-state index contributed by atoms with van der Waals surface area (Å²) in [5.41, 5.74) is 7.70. The van der Waals surface area contributed by atoms with E-state index in [2.05, 4.69) is 53.1 Å². The van der Waals surface area contributed by atoms with Crippen molar-refractivity contribution in [2.24, 2.45) is 18.4 Å². The third-order valence-corrected chi connectivity index (χ3v) is 11.4. The number of piperazine rings is 1. The lowest BCUT2D eigenvalue weighted by molar-refractivity contribution is -0.129. The van der Waals surface area contributed by atoms with Crippen molar-refractivity contribution in [2.75, 3.05) is 40.4 Å². The van der Waals surface area contributed by atoms with Gasteiger partial charge in [0.05, 0.1) is 25.2 Å². The third kappa shape index (κ3) is 6.73. The van der Waals surface area contributed by atoms with Crippen molar-refractivity contribution in [1.82, 2.24) is 19.3 Å². The summed E-state index contributed by atoms with van der Waals surface area (Å²) in [5.74, 6) is 0.809. The molecule has 2 bridgehead atoms. The van der Waals surface area contributed by atoms with E-state index in [1.54, 1.807) is 31.9 Å². The largest absolute Gasteiger partial charge is 0.501 e. The van der Waals surface area contributed by atoms with E-state index in [0.717, 1.165) is 67.0 Å². The Balaban J connectivity index is 1.13. The van der Waals surface area contributed by atoms with Gasteiger partial charge < -0.3 is 18.9 Å². The number of allylic oxidation sites excluding steroid dienone is 3. The standard InChI is InChI=1S/C41H53N5O4/c1-25-26(2)39(47)43(7)23-35(25)29-15-37(49-8)36(38(16-29)50-9)24-45-22-31-17-32(45)21-44(31)20-28-11-10-12-33-27(3)46(14-13-34(28)33)40(48)30(19-42)18-41(4,5)6/h10-12,15-16,18,23,27,31-32,36-37H,13-14,17,20-22,24H2,1-9H3/b30-18+. The lowest BCUT2D eigenvalue weighted by atomic mass is 9.87. The molecule has 1 aliphatic carbocycles. The average Bonchev–Trinajstić information content (AvgIpc) is 3.68. The molecule has 6 rings (SSSR count). The van der Waals surface area contributed by atoms with E-state index in [-0.39, 0.29) is 40.5 Å². The first-order chi connectivity index (χ1) is 23.7. The smallest absolute Gasteiger partial charge is 0.264 e. The topological polar surface area (TPSA) is 91.0 Å². The molecule has 0 spiro atoms. The first-order valence-electron chi connectivity index (χ1n) is 17.9. The number of nitriles is 1. The number of amides is 1. The monoisotopic (exact) mass is 679 g/mol. The summed E-state index contributed by atoms with van der Waals surface area (Å²) in [6.07, 6.45) is 9.83. The number of ether oxygens (including phenoxy) is 2. The molecule has 9 nitrogen and oxygen atoms in total. The molecule has 5 atom stereocenters. The minimum atomic E-state index is -0.245. The molecule has 1 aromatic heterocycles. The normalized spacial score (nSPS) is 25.6. The van der Waals surface area contributed by atoms with Crippen LogP contribution in [0, 0.1) is 36.5 Å². The van der Waals surface area contributed by atoms with Gasteiger partial charge in [-0.05, 0) is 79.0 Å². The van der Waals surface area contributed by atoms with E-state index >= 15 is 0 Å². The Labute approximate surface area is 297 Å². The van der Waals surface area contributed by atoms with Gasteiger partial charge in [-0.15, -0.1) is 0 Å². The molecule has 4 heterocycles. The molecule has 2 fully saturated rings. The first-order valence-corrected chi connectivity index (χ1v) is 17.9. The van der Waals surface area contributed by atoms with Crippen LogP contribution in [0.1, 0.15) is 73.5 Å². The maximum atomic E-state index is 13.4. The number of methoxy groups -OCH3 is 2. The van der Waals surface area contributed by atoms with Crippen molar-refractivity contribution < 1.29 is 14.3 Å². The summed E-state index contributed by atoms with van der Waals surface area (Å²) >= 11 is 0. The number of nitrogens with zero attached hydrogens (tertiary/aromatic N) is 5. The molecule has 4 aliphatic rings. The minimum absolute atomic E-state index is 0.0255. The number of aryl methyl sites for hydroxylation is 1. The van der Waals surface area contributed by atoms with E-state index in [1.807, 2.05) is 45.7 Å². The second kappa shape index (κ2) is 14.0. The van der Waals surface area contributed by atoms with Gasteiger partial charge in [0.2, 0.25) is 0 Å². The SMILES string of the molecule is COC1=CC(c2cn(C)c(=O)c(C)c2C)=CC(OC)C1CN1CC2CC1CN2Cc1cccc2c1CCN(C(=O)/C(C#N)=C/C(C)(C)C)C2C. The number of pyridine rings is 1. The van der Waals surface area contributed by atoms with Crippen molar-refractivity contribution in [3.05, 3.63) is 97.7 Å². The summed E-state index contributed by atoms with van der Waals surface area (Å²) in [6.45, 7) is 16.4. The summed E-state index contributed by atoms with van der Waals surface area (Å²) in [7, 11) is 5.31. The summed E-state index contributed by atoms with van der Waals surface area (Å²) in [4.78, 5) is 33.1. The van der Waals surface area contributed by atoms with Crippen LogP contribution in [0.5, 0.6) is 0 Å². The molecule has 2 saturated heterocycles. The Hall–Kier alpha value is -3.97. The number of carbonyl (C=O) groups excluding carboxylic acids is 1. The van der Waals surface area contributed by atoms with E-state index in [0.29, 0.717) is 18.6 Å². The Kier molecular flexibility index (Phi) is 10.0. The van der Waals surface area contributed by atoms with Gasteiger partial charge in [-0.1, -0.05) is 45.0 Å². The molecule has 0 N–H and O–H groups in total. The highest BCUT2D eigenvalue weighted by molar-refractivity contribution is 5.97. The predicted octanol–water partition coefficient (Wildman–Crippen LogP) is 5.46. The molecule has 3 aliphatic heterocycles. The molecule has 9 heteroatoms. The van der Waals surface area contributed by atoms with Crippen LogP contribution in [0.2, 0.25) is 0 Å². The second-order valence-corrected chi connectivity index (χ2v) is 15.8. The molecule has 1 aromatic carbocycles. The number of hydrogen-bond acceptors (Lipinski definition) is 7. The van der Waals surface area contributed by atoms with Gasteiger partial charge in [0.1, 0.15) is 17.4 Å². The Bertz CT molecular complexity index is 1860. The zero-order chi connectivity index (χ0) is 36.1. The highest BCUT2D eigenvalue weighted by Gasteiger charge is 2.45. The van der Waals surface area contributed by atoms with Gasteiger partial charge in [-0.25, -0.2) is 0 Å². The van der Waals surface area contributed by atoms with Crippen LogP contribution in [-0.4, -0.2) is 83.8 Å². The summed E-state index contributed by atoms with van der Waals surface area (Å²) in [6, 6.07) is 9.56. The number of fused-ring (bicyclic) bond motifs is 3. The molecule has 5 unspecified atom stereocenters. The van der Waals surface area contributed by atoms with Gasteiger partial charge in [0.25, 0.3) is 11.5 Å². The molecule has 0 saturated carbocycles. The van der Waals surface area contributed by atoms with Crippen molar-refractivity contribution in [2.45, 2.75) is 85.2 Å². The van der Waals surface area contributed by atoms with E-state index in [1.165, 1.54) is 16.7 Å². The van der Waals surface area contributed by atoms with E-state index in [4.69, 9.17) is 9.47 Å². The summed E-state index contributed by atoms with van der Waals surface area (Å²) < 4.78 is 13.7. The van der Waals surface area contributed by atoms with Crippen molar-refractivity contribution in [3.63, 3.8) is 0 Å². The molecule has 266 valence electrons. The Morgan fingerprint density at radius 1 is 1.10 bits per heavy atom. The predicted molar refractivity (Wildman–Crippen MR) is 196 cm³/mol. The van der Waals surface area contributed by atoms with Crippen LogP contribution in [-0.2, 0) is 34.3 Å². The molecule has 50 heavy (non-hydrogen) atoms. The molecular formula is C41H53N5O4. The fourth-order valence-electron chi connectivity index (χ4n) is 8.65. The maximum Gasteiger partial charge on any atom is 0.264 e. The molecule has 0 radical (unpaired) electrons. The first kappa shape index (κ1) is 35.8. The maximum absolute atomic E-state index is 13.4. The highest BCUT2D eigenvalue weighted by Crippen LogP contribution is 2.39. The van der Waals surface area contributed by atoms with Gasteiger partial charge in [0.15, 0.2) is 0 Å². The van der Waals surface area contributed by atoms with Crippen LogP contribution in [0.3, 0.4) is 0 Å². The van der Waals surface area contributed by atoms with Crippen LogP contribution in [0.25, 0.3) is 5.57 Å². The van der Waals surface area contributed by atoms with Gasteiger partial charge in [-0.3, -0.25) is 19.4 Å². The van der Waals surface area contributed by atoms with Crippen LogP contribution < -0.4 is 5.56 Å². The van der Waals surface area contributed by atoms with Crippen molar-refractivity contribution >= 4 is 11.5 Å². The van der Waals surface area contributed by atoms with Gasteiger partial charge in [0, 0.05) is 76.3 Å². The van der Waals surface area contributed by atoms with Crippen LogP contribution in [0.15, 0.2) is 58.8 Å².